The average Bonchev–Trinajstić information content (AvgIpc) is 2.48. The number of benzene rings is 1. The van der Waals surface area contributed by atoms with E-state index < -0.39 is 0 Å². The highest BCUT2D eigenvalue weighted by Crippen LogP contribution is 2.23. The van der Waals surface area contributed by atoms with Gasteiger partial charge in [0.15, 0.2) is 11.4 Å². The van der Waals surface area contributed by atoms with Crippen LogP contribution >= 0.6 is 11.8 Å². The molecule has 100 valence electrons. The van der Waals surface area contributed by atoms with Crippen molar-refractivity contribution in [3.8, 4) is 17.5 Å². The summed E-state index contributed by atoms with van der Waals surface area (Å²) >= 11 is 1.40. The third-order valence-electron chi connectivity index (χ3n) is 2.74. The number of aromatic nitrogens is 1. The molecule has 0 aliphatic carbocycles. The van der Waals surface area contributed by atoms with Gasteiger partial charge < -0.3 is 0 Å². The van der Waals surface area contributed by atoms with Crippen LogP contribution in [0.4, 0.5) is 5.69 Å². The van der Waals surface area contributed by atoms with Gasteiger partial charge in [0.1, 0.15) is 0 Å². The Morgan fingerprint density at radius 2 is 2.05 bits per heavy atom. The molecule has 20 heavy (non-hydrogen) atoms. The van der Waals surface area contributed by atoms with Gasteiger partial charge in [-0.05, 0) is 36.9 Å². The molecule has 0 spiro atoms. The number of aliphatic imine (C=N–C) groups is 1. The summed E-state index contributed by atoms with van der Waals surface area (Å²) in [5.74, 6) is 0. The van der Waals surface area contributed by atoms with Crippen LogP contribution in [0, 0.1) is 18.4 Å². The van der Waals surface area contributed by atoms with E-state index in [2.05, 4.69) is 15.3 Å². The van der Waals surface area contributed by atoms with Gasteiger partial charge in [0.2, 0.25) is 0 Å². The molecule has 1 aromatic heterocycles. The van der Waals surface area contributed by atoms with Gasteiger partial charge in [-0.2, -0.15) is 5.26 Å². The van der Waals surface area contributed by atoms with E-state index in [0.717, 1.165) is 22.5 Å². The first-order chi connectivity index (χ1) is 9.74. The molecule has 0 saturated heterocycles. The van der Waals surface area contributed by atoms with Crippen LogP contribution in [-0.4, -0.2) is 16.4 Å². The van der Waals surface area contributed by atoms with E-state index in [-0.39, 0.29) is 0 Å². The molecule has 0 atom stereocenters. The van der Waals surface area contributed by atoms with Crippen LogP contribution < -0.4 is 5.32 Å². The van der Waals surface area contributed by atoms with Crippen LogP contribution in [0.15, 0.2) is 47.6 Å². The van der Waals surface area contributed by atoms with Gasteiger partial charge in [-0.3, -0.25) is 10.3 Å². The van der Waals surface area contributed by atoms with Crippen molar-refractivity contribution in [1.29, 1.82) is 5.26 Å². The lowest BCUT2D eigenvalue weighted by molar-refractivity contribution is 1.26. The van der Waals surface area contributed by atoms with Gasteiger partial charge in [-0.15, -0.1) is 0 Å². The van der Waals surface area contributed by atoms with E-state index in [9.17, 15) is 0 Å². The van der Waals surface area contributed by atoms with Crippen molar-refractivity contribution in [3.63, 3.8) is 0 Å². The highest BCUT2D eigenvalue weighted by Gasteiger charge is 2.03. The first kappa shape index (κ1) is 14.1. The molecule has 4 nitrogen and oxygen atoms in total. The number of aryl methyl sites for hydroxylation is 1. The molecule has 0 aliphatic rings. The van der Waals surface area contributed by atoms with Gasteiger partial charge in [-0.25, -0.2) is 4.99 Å². The summed E-state index contributed by atoms with van der Waals surface area (Å²) in [5.41, 5.74) is 3.97. The van der Waals surface area contributed by atoms with Crippen LogP contribution in [0.3, 0.4) is 0 Å². The van der Waals surface area contributed by atoms with E-state index in [1.807, 2.05) is 55.8 Å². The summed E-state index contributed by atoms with van der Waals surface area (Å²) in [6, 6.07) is 11.8. The topological polar surface area (TPSA) is 61.1 Å². The fraction of sp³-hybridized carbons (Fsp3) is 0.133. The second-order valence-corrected chi connectivity index (χ2v) is 4.87. The second-order valence-electron chi connectivity index (χ2n) is 4.07. The minimum Gasteiger partial charge on any atom is -0.271 e. The van der Waals surface area contributed by atoms with E-state index in [4.69, 9.17) is 5.26 Å². The Kier molecular flexibility index (Phi) is 4.75. The molecule has 0 aliphatic heterocycles. The first-order valence-corrected chi connectivity index (χ1v) is 7.27. The molecule has 1 aromatic carbocycles. The summed E-state index contributed by atoms with van der Waals surface area (Å²) in [4.78, 5) is 8.74. The smallest absolute Gasteiger partial charge is 0.183 e. The van der Waals surface area contributed by atoms with E-state index in [1.54, 1.807) is 6.20 Å². The summed E-state index contributed by atoms with van der Waals surface area (Å²) in [5, 5.41) is 11.7. The molecule has 5 heteroatoms. The van der Waals surface area contributed by atoms with E-state index >= 15 is 0 Å². The van der Waals surface area contributed by atoms with Crippen LogP contribution in [0.1, 0.15) is 5.56 Å². The quantitative estimate of drug-likeness (QED) is 0.396. The summed E-state index contributed by atoms with van der Waals surface area (Å²) < 4.78 is 0. The van der Waals surface area contributed by atoms with E-state index in [0.29, 0.717) is 5.17 Å². The summed E-state index contributed by atoms with van der Waals surface area (Å²) in [6.45, 7) is 2.04. The molecule has 0 amide bonds. The van der Waals surface area contributed by atoms with Crippen molar-refractivity contribution in [2.24, 2.45) is 4.99 Å². The zero-order valence-electron chi connectivity index (χ0n) is 11.3. The summed E-state index contributed by atoms with van der Waals surface area (Å²) in [6.07, 6.45) is 5.53. The predicted molar refractivity (Wildman–Crippen MR) is 83.8 cm³/mol. The molecule has 2 rings (SSSR count). The average molecular weight is 282 g/mol. The van der Waals surface area contributed by atoms with Crippen LogP contribution in [0.2, 0.25) is 0 Å². The maximum atomic E-state index is 8.61. The Morgan fingerprint density at radius 3 is 2.65 bits per heavy atom. The third kappa shape index (κ3) is 3.37. The molecule has 0 unspecified atom stereocenters. The molecule has 0 fully saturated rings. The Balaban J connectivity index is 2.27. The van der Waals surface area contributed by atoms with Crippen LogP contribution in [0.25, 0.3) is 11.3 Å². The Bertz CT molecular complexity index is 656. The van der Waals surface area contributed by atoms with Crippen LogP contribution in [-0.2, 0) is 0 Å². The number of pyridine rings is 1. The monoisotopic (exact) mass is 282 g/mol. The number of amidine groups is 1. The highest BCUT2D eigenvalue weighted by atomic mass is 32.2. The third-order valence-corrected chi connectivity index (χ3v) is 3.32. The fourth-order valence-electron chi connectivity index (χ4n) is 1.77. The number of thioether (sulfide) groups is 1. The largest absolute Gasteiger partial charge is 0.271 e. The fourth-order valence-corrected chi connectivity index (χ4v) is 2.12. The zero-order valence-corrected chi connectivity index (χ0v) is 12.1. The number of hydrogen-bond donors (Lipinski definition) is 1. The molecular formula is C15H14N4S. The lowest BCUT2D eigenvalue weighted by Gasteiger charge is -2.05. The number of nitrogens with one attached hydrogen (secondary N) is 1. The Hall–Kier alpha value is -2.32. The molecule has 0 bridgehead atoms. The van der Waals surface area contributed by atoms with Crippen molar-refractivity contribution in [1.82, 2.24) is 10.3 Å². The van der Waals surface area contributed by atoms with Crippen molar-refractivity contribution >= 4 is 22.6 Å². The standard InChI is InChI=1S/C15H14N4S/c1-11-4-3-9-17-14(11)12-5-7-13(8-6-12)19-15(20-2)18-10-16/h3-9H,1-2H3,(H,18,19). The maximum Gasteiger partial charge on any atom is 0.183 e. The minimum absolute atomic E-state index is 0.578. The lowest BCUT2D eigenvalue weighted by atomic mass is 10.1. The normalized spacial score (nSPS) is 10.9. The van der Waals surface area contributed by atoms with Gasteiger partial charge in [-0.1, -0.05) is 30.0 Å². The van der Waals surface area contributed by atoms with E-state index in [1.165, 1.54) is 11.8 Å². The number of hydrogen-bond acceptors (Lipinski definition) is 4. The second kappa shape index (κ2) is 6.73. The summed E-state index contributed by atoms with van der Waals surface area (Å²) in [7, 11) is 0. The minimum atomic E-state index is 0.578. The molecule has 0 saturated carbocycles. The SMILES string of the molecule is CSC(=Nc1ccc(-c2ncccc2C)cc1)NC#N. The number of nitrogens with zero attached hydrogens (tertiary/aromatic N) is 3. The van der Waals surface area contributed by atoms with Crippen LogP contribution in [0.5, 0.6) is 0 Å². The maximum absolute atomic E-state index is 8.61. The molecule has 0 radical (unpaired) electrons. The Labute approximate surface area is 122 Å². The molecule has 1 N–H and O–H groups in total. The van der Waals surface area contributed by atoms with Gasteiger partial charge >= 0.3 is 0 Å². The van der Waals surface area contributed by atoms with Crippen molar-refractivity contribution in [2.75, 3.05) is 6.26 Å². The number of nitriles is 1. The number of rotatable bonds is 2. The zero-order chi connectivity index (χ0) is 14.4. The highest BCUT2D eigenvalue weighted by molar-refractivity contribution is 8.13. The first-order valence-electron chi connectivity index (χ1n) is 6.04. The Morgan fingerprint density at radius 1 is 1.30 bits per heavy atom. The van der Waals surface area contributed by atoms with Gasteiger partial charge in [0.05, 0.1) is 11.4 Å². The lowest BCUT2D eigenvalue weighted by Crippen LogP contribution is -2.12. The van der Waals surface area contributed by atoms with Crippen molar-refractivity contribution in [3.05, 3.63) is 48.2 Å². The van der Waals surface area contributed by atoms with Crippen molar-refractivity contribution < 1.29 is 0 Å². The molecule has 2 aromatic rings. The van der Waals surface area contributed by atoms with Gasteiger partial charge in [0.25, 0.3) is 0 Å². The van der Waals surface area contributed by atoms with Gasteiger partial charge in [0, 0.05) is 11.8 Å². The molecule has 1 heterocycles. The van der Waals surface area contributed by atoms with Crippen molar-refractivity contribution in [2.45, 2.75) is 6.92 Å². The predicted octanol–water partition coefficient (Wildman–Crippen LogP) is 3.48. The molecular weight excluding hydrogens is 268 g/mol.